The fourth-order valence-corrected chi connectivity index (χ4v) is 3.32. The minimum atomic E-state index is -0.0979. The molecule has 1 saturated carbocycles. The van der Waals surface area contributed by atoms with E-state index < -0.39 is 0 Å². The van der Waals surface area contributed by atoms with E-state index in [0.717, 1.165) is 5.56 Å². The number of hydrogen-bond donors (Lipinski definition) is 2. The van der Waals surface area contributed by atoms with Gasteiger partial charge in [0.05, 0.1) is 12.2 Å². The topological polar surface area (TPSA) is 70.7 Å². The van der Waals surface area contributed by atoms with Crippen LogP contribution in [0.2, 0.25) is 0 Å². The normalized spacial score (nSPS) is 23.2. The maximum atomic E-state index is 12.4. The Morgan fingerprint density at radius 1 is 1.28 bits per heavy atom. The van der Waals surface area contributed by atoms with Gasteiger partial charge in [-0.25, -0.2) is 4.79 Å². The summed E-state index contributed by atoms with van der Waals surface area (Å²) in [5.41, 5.74) is 1.67. The molecule has 0 aromatic heterocycles. The molecule has 0 unspecified atom stereocenters. The van der Waals surface area contributed by atoms with Gasteiger partial charge in [-0.2, -0.15) is 0 Å². The second-order valence-corrected chi connectivity index (χ2v) is 6.99. The van der Waals surface area contributed by atoms with Gasteiger partial charge in [0.2, 0.25) is 0 Å². The van der Waals surface area contributed by atoms with Crippen molar-refractivity contribution in [1.82, 2.24) is 15.5 Å². The molecule has 0 spiro atoms. The summed E-state index contributed by atoms with van der Waals surface area (Å²) in [6, 6.07) is 7.46. The quantitative estimate of drug-likeness (QED) is 0.855. The molecule has 25 heavy (non-hydrogen) atoms. The monoisotopic (exact) mass is 345 g/mol. The first-order chi connectivity index (χ1) is 12.1. The fourth-order valence-electron chi connectivity index (χ4n) is 3.32. The molecule has 1 aromatic carbocycles. The van der Waals surface area contributed by atoms with Crippen LogP contribution < -0.4 is 10.6 Å². The molecule has 0 radical (unpaired) electrons. The molecule has 6 heteroatoms. The lowest BCUT2D eigenvalue weighted by Gasteiger charge is -2.37. The molecular weight excluding hydrogens is 318 g/mol. The van der Waals surface area contributed by atoms with Gasteiger partial charge in [-0.05, 0) is 49.8 Å². The van der Waals surface area contributed by atoms with Gasteiger partial charge >= 0.3 is 6.03 Å². The zero-order valence-corrected chi connectivity index (χ0v) is 15.0. The summed E-state index contributed by atoms with van der Waals surface area (Å²) in [4.78, 5) is 26.0. The minimum absolute atomic E-state index is 0.0248. The van der Waals surface area contributed by atoms with Gasteiger partial charge in [0.25, 0.3) is 5.91 Å². The number of rotatable bonds is 5. The van der Waals surface area contributed by atoms with Crippen molar-refractivity contribution in [3.63, 3.8) is 0 Å². The largest absolute Gasteiger partial charge is 0.371 e. The number of ether oxygens (including phenoxy) is 1. The predicted octanol–water partition coefficient (Wildman–Crippen LogP) is 1.80. The van der Waals surface area contributed by atoms with Crippen molar-refractivity contribution in [2.45, 2.75) is 38.4 Å². The van der Waals surface area contributed by atoms with Gasteiger partial charge in [0, 0.05) is 32.2 Å². The first-order valence-corrected chi connectivity index (χ1v) is 9.06. The van der Waals surface area contributed by atoms with Crippen LogP contribution >= 0.6 is 0 Å². The predicted molar refractivity (Wildman–Crippen MR) is 95.6 cm³/mol. The molecular formula is C19H27N3O3. The molecule has 1 aromatic rings. The van der Waals surface area contributed by atoms with E-state index in [1.165, 1.54) is 12.8 Å². The van der Waals surface area contributed by atoms with E-state index in [-0.39, 0.29) is 24.1 Å². The molecule has 1 saturated heterocycles. The van der Waals surface area contributed by atoms with Gasteiger partial charge in [-0.1, -0.05) is 12.1 Å². The van der Waals surface area contributed by atoms with Crippen LogP contribution in [0, 0.1) is 5.92 Å². The van der Waals surface area contributed by atoms with Gasteiger partial charge in [-0.3, -0.25) is 4.79 Å². The molecule has 1 aliphatic heterocycles. The Bertz CT molecular complexity index is 630. The molecule has 2 fully saturated rings. The van der Waals surface area contributed by atoms with Gasteiger partial charge < -0.3 is 20.3 Å². The minimum Gasteiger partial charge on any atom is -0.371 e. The zero-order chi connectivity index (χ0) is 17.8. The van der Waals surface area contributed by atoms with Crippen molar-refractivity contribution < 1.29 is 14.3 Å². The number of amides is 3. The Morgan fingerprint density at radius 2 is 2.08 bits per heavy atom. The molecule has 1 aliphatic carbocycles. The van der Waals surface area contributed by atoms with Crippen LogP contribution in [-0.2, 0) is 11.2 Å². The van der Waals surface area contributed by atoms with Gasteiger partial charge in [0.1, 0.15) is 0 Å². The van der Waals surface area contributed by atoms with Crippen LogP contribution in [0.1, 0.15) is 35.7 Å². The Kier molecular flexibility index (Phi) is 5.58. The average molecular weight is 345 g/mol. The van der Waals surface area contributed by atoms with Gasteiger partial charge in [-0.15, -0.1) is 0 Å². The summed E-state index contributed by atoms with van der Waals surface area (Å²) in [7, 11) is 1.62. The van der Waals surface area contributed by atoms with Crippen LogP contribution in [0.25, 0.3) is 0 Å². The highest BCUT2D eigenvalue weighted by atomic mass is 16.5. The smallest absolute Gasteiger partial charge is 0.317 e. The van der Waals surface area contributed by atoms with Crippen LogP contribution in [0.15, 0.2) is 24.3 Å². The molecule has 2 N–H and O–H groups in total. The van der Waals surface area contributed by atoms with E-state index in [4.69, 9.17) is 4.74 Å². The number of hydrogen-bond acceptors (Lipinski definition) is 3. The number of benzene rings is 1. The number of urea groups is 1. The third kappa shape index (κ3) is 4.72. The molecule has 3 rings (SSSR count). The van der Waals surface area contributed by atoms with Crippen molar-refractivity contribution in [2.24, 2.45) is 5.92 Å². The lowest BCUT2D eigenvalue weighted by molar-refractivity contribution is -0.0730. The second kappa shape index (κ2) is 7.87. The first kappa shape index (κ1) is 17.7. The average Bonchev–Trinajstić information content (AvgIpc) is 3.46. The lowest BCUT2D eigenvalue weighted by atomic mass is 10.1. The Hall–Kier alpha value is -2.08. The van der Waals surface area contributed by atoms with E-state index in [2.05, 4.69) is 10.6 Å². The summed E-state index contributed by atoms with van der Waals surface area (Å²) < 4.78 is 5.95. The highest BCUT2D eigenvalue weighted by molar-refractivity contribution is 5.94. The first-order valence-electron chi connectivity index (χ1n) is 9.06. The Morgan fingerprint density at radius 3 is 2.80 bits per heavy atom. The number of nitrogens with zero attached hydrogens (tertiary/aromatic N) is 1. The van der Waals surface area contributed by atoms with E-state index in [0.29, 0.717) is 37.5 Å². The summed E-state index contributed by atoms with van der Waals surface area (Å²) in [6.07, 6.45) is 3.42. The molecule has 6 nitrogen and oxygen atoms in total. The Labute approximate surface area is 148 Å². The summed E-state index contributed by atoms with van der Waals surface area (Å²) >= 11 is 0. The molecule has 2 aliphatic rings. The molecule has 136 valence electrons. The highest BCUT2D eigenvalue weighted by Gasteiger charge is 2.38. The van der Waals surface area contributed by atoms with Gasteiger partial charge in [0.15, 0.2) is 0 Å². The fraction of sp³-hybridized carbons (Fsp3) is 0.579. The second-order valence-electron chi connectivity index (χ2n) is 6.99. The van der Waals surface area contributed by atoms with Crippen LogP contribution in [0.3, 0.4) is 0 Å². The summed E-state index contributed by atoms with van der Waals surface area (Å²) in [5, 5.41) is 5.62. The van der Waals surface area contributed by atoms with Crippen molar-refractivity contribution >= 4 is 11.9 Å². The number of carbonyl (C=O) groups is 2. The molecule has 2 atom stereocenters. The zero-order valence-electron chi connectivity index (χ0n) is 15.0. The maximum absolute atomic E-state index is 12.4. The van der Waals surface area contributed by atoms with E-state index >= 15 is 0 Å². The van der Waals surface area contributed by atoms with Crippen molar-refractivity contribution in [1.29, 1.82) is 0 Å². The van der Waals surface area contributed by atoms with E-state index in [9.17, 15) is 9.59 Å². The number of nitrogens with one attached hydrogen (secondary N) is 2. The molecule has 3 amide bonds. The molecule has 1 heterocycles. The van der Waals surface area contributed by atoms with E-state index in [1.54, 1.807) is 13.1 Å². The van der Waals surface area contributed by atoms with Crippen molar-refractivity contribution in [3.8, 4) is 0 Å². The van der Waals surface area contributed by atoms with Crippen molar-refractivity contribution in [3.05, 3.63) is 35.4 Å². The van der Waals surface area contributed by atoms with Crippen LogP contribution in [-0.4, -0.2) is 55.7 Å². The lowest BCUT2D eigenvalue weighted by Crippen LogP contribution is -2.53. The SMILES string of the molecule is CNC(=O)c1cccc(CCNC(=O)N2C[C@H](C)O[C@@H](C3CC3)C2)c1. The summed E-state index contributed by atoms with van der Waals surface area (Å²) in [6.45, 7) is 3.91. The van der Waals surface area contributed by atoms with E-state index in [1.807, 2.05) is 30.0 Å². The van der Waals surface area contributed by atoms with Crippen LogP contribution in [0.4, 0.5) is 4.79 Å². The van der Waals surface area contributed by atoms with Crippen molar-refractivity contribution in [2.75, 3.05) is 26.7 Å². The maximum Gasteiger partial charge on any atom is 0.317 e. The highest BCUT2D eigenvalue weighted by Crippen LogP contribution is 2.36. The van der Waals surface area contributed by atoms with Crippen LogP contribution in [0.5, 0.6) is 0 Å². The molecule has 0 bridgehead atoms. The third-order valence-corrected chi connectivity index (χ3v) is 4.83. The standard InChI is InChI=1S/C19H27N3O3/c1-13-11-22(12-17(25-13)15-6-7-15)19(24)21-9-8-14-4-3-5-16(10-14)18(23)20-2/h3-5,10,13,15,17H,6-9,11-12H2,1-2H3,(H,20,23)(H,21,24)/t13-,17+/m0/s1. The third-order valence-electron chi connectivity index (χ3n) is 4.83. The summed E-state index contributed by atoms with van der Waals surface area (Å²) in [5.74, 6) is 0.532. The Balaban J connectivity index is 1.48. The number of carbonyl (C=O) groups excluding carboxylic acids is 2. The number of morpholine rings is 1.